The van der Waals surface area contributed by atoms with Crippen LogP contribution in [0.5, 0.6) is 0 Å². The molecule has 2 bridgehead atoms. The van der Waals surface area contributed by atoms with E-state index in [0.717, 1.165) is 25.0 Å². The molecule has 2 aliphatic rings. The first-order chi connectivity index (χ1) is 7.44. The molecule has 2 rings (SSSR count). The lowest BCUT2D eigenvalue weighted by Gasteiger charge is -2.37. The monoisotopic (exact) mass is 224 g/mol. The van der Waals surface area contributed by atoms with Gasteiger partial charge in [0.25, 0.3) is 0 Å². The van der Waals surface area contributed by atoms with Gasteiger partial charge in [-0.15, -0.1) is 0 Å². The van der Waals surface area contributed by atoms with E-state index in [1.54, 1.807) is 0 Å². The van der Waals surface area contributed by atoms with Crippen molar-refractivity contribution in [2.75, 3.05) is 0 Å². The van der Waals surface area contributed by atoms with Gasteiger partial charge in [-0.25, -0.2) is 0 Å². The van der Waals surface area contributed by atoms with Gasteiger partial charge in [0.1, 0.15) is 0 Å². The van der Waals surface area contributed by atoms with Gasteiger partial charge in [0.05, 0.1) is 0 Å². The van der Waals surface area contributed by atoms with Crippen molar-refractivity contribution in [1.29, 1.82) is 0 Å². The van der Waals surface area contributed by atoms with Crippen LogP contribution in [0.25, 0.3) is 0 Å². The molecule has 3 unspecified atom stereocenters. The highest BCUT2D eigenvalue weighted by molar-refractivity contribution is 5.94. The van der Waals surface area contributed by atoms with Crippen LogP contribution in [0.2, 0.25) is 0 Å². The Bertz CT molecular complexity index is 353. The molecular formula is C12H20N2O2. The van der Waals surface area contributed by atoms with Crippen LogP contribution < -0.4 is 5.84 Å². The van der Waals surface area contributed by atoms with Crippen molar-refractivity contribution >= 4 is 11.7 Å². The van der Waals surface area contributed by atoms with Gasteiger partial charge >= 0.3 is 5.97 Å². The SMILES string of the molecule is CC12CCC(C/C1=N\N)C2(C)CCC(=O)O. The van der Waals surface area contributed by atoms with Crippen molar-refractivity contribution in [2.24, 2.45) is 27.7 Å². The topological polar surface area (TPSA) is 75.7 Å². The molecule has 0 saturated heterocycles. The summed E-state index contributed by atoms with van der Waals surface area (Å²) in [5, 5.41) is 12.8. The number of carboxylic acid groups (broad SMARTS) is 1. The second-order valence-corrected chi connectivity index (χ2v) is 5.66. The Labute approximate surface area is 95.9 Å². The number of aliphatic carboxylic acids is 1. The zero-order chi connectivity index (χ0) is 12.0. The lowest BCUT2D eigenvalue weighted by molar-refractivity contribution is -0.138. The number of nitrogens with zero attached hydrogens (tertiary/aromatic N) is 1. The molecule has 0 radical (unpaired) electrons. The summed E-state index contributed by atoms with van der Waals surface area (Å²) < 4.78 is 0. The number of nitrogens with two attached hydrogens (primary N) is 1. The van der Waals surface area contributed by atoms with E-state index in [-0.39, 0.29) is 17.3 Å². The average molecular weight is 224 g/mol. The van der Waals surface area contributed by atoms with Crippen LogP contribution in [0, 0.1) is 16.7 Å². The highest BCUT2D eigenvalue weighted by Gasteiger charge is 2.62. The van der Waals surface area contributed by atoms with Gasteiger partial charge in [-0.3, -0.25) is 4.79 Å². The highest BCUT2D eigenvalue weighted by atomic mass is 16.4. The maximum absolute atomic E-state index is 10.7. The van der Waals surface area contributed by atoms with Crippen LogP contribution in [0.15, 0.2) is 5.10 Å². The number of hydrogen-bond donors (Lipinski definition) is 2. The molecule has 4 heteroatoms. The predicted molar refractivity (Wildman–Crippen MR) is 62.0 cm³/mol. The van der Waals surface area contributed by atoms with E-state index < -0.39 is 5.97 Å². The standard InChI is InChI=1S/C12H20N2O2/c1-11(6-4-10(15)16)8-3-5-12(11,2)9(7-8)14-13/h8H,3-7,13H2,1-2H3,(H,15,16)/b14-9+. The van der Waals surface area contributed by atoms with E-state index in [2.05, 4.69) is 18.9 Å². The lowest BCUT2D eigenvalue weighted by Crippen LogP contribution is -2.35. The fourth-order valence-corrected chi connectivity index (χ4v) is 3.82. The second kappa shape index (κ2) is 3.47. The molecule has 3 N–H and O–H groups in total. The third-order valence-corrected chi connectivity index (χ3v) is 5.25. The van der Waals surface area contributed by atoms with Crippen molar-refractivity contribution in [1.82, 2.24) is 0 Å². The van der Waals surface area contributed by atoms with E-state index in [9.17, 15) is 4.79 Å². The zero-order valence-electron chi connectivity index (χ0n) is 9.99. The summed E-state index contributed by atoms with van der Waals surface area (Å²) in [6.07, 6.45) is 4.24. The van der Waals surface area contributed by atoms with Gasteiger partial charge in [0.15, 0.2) is 0 Å². The molecule has 0 aromatic rings. The first kappa shape index (κ1) is 11.4. The van der Waals surface area contributed by atoms with E-state index >= 15 is 0 Å². The molecule has 2 saturated carbocycles. The summed E-state index contributed by atoms with van der Waals surface area (Å²) in [7, 11) is 0. The minimum atomic E-state index is -0.706. The number of carbonyl (C=O) groups is 1. The van der Waals surface area contributed by atoms with Gasteiger partial charge in [0, 0.05) is 17.5 Å². The molecule has 4 nitrogen and oxygen atoms in total. The summed E-state index contributed by atoms with van der Waals surface area (Å²) in [5.41, 5.74) is 1.20. The largest absolute Gasteiger partial charge is 0.481 e. The molecule has 3 atom stereocenters. The Morgan fingerprint density at radius 3 is 2.81 bits per heavy atom. The Morgan fingerprint density at radius 2 is 2.31 bits per heavy atom. The third kappa shape index (κ3) is 1.28. The molecule has 0 aliphatic heterocycles. The fraction of sp³-hybridized carbons (Fsp3) is 0.833. The van der Waals surface area contributed by atoms with Crippen molar-refractivity contribution in [3.05, 3.63) is 0 Å². The van der Waals surface area contributed by atoms with E-state index in [0.29, 0.717) is 5.92 Å². The van der Waals surface area contributed by atoms with Crippen LogP contribution in [0.3, 0.4) is 0 Å². The van der Waals surface area contributed by atoms with Gasteiger partial charge in [-0.2, -0.15) is 5.10 Å². The summed E-state index contributed by atoms with van der Waals surface area (Å²) in [6.45, 7) is 4.42. The number of hydrazone groups is 1. The Morgan fingerprint density at radius 1 is 1.62 bits per heavy atom. The Hall–Kier alpha value is -1.06. The minimum absolute atomic E-state index is 0.0296. The minimum Gasteiger partial charge on any atom is -0.481 e. The Balaban J connectivity index is 2.25. The fourth-order valence-electron chi connectivity index (χ4n) is 3.82. The Kier molecular flexibility index (Phi) is 2.48. The highest BCUT2D eigenvalue weighted by Crippen LogP contribution is 2.65. The number of fused-ring (bicyclic) bond motifs is 2. The van der Waals surface area contributed by atoms with Gasteiger partial charge < -0.3 is 10.9 Å². The molecule has 0 aromatic heterocycles. The van der Waals surface area contributed by atoms with Crippen LogP contribution in [-0.4, -0.2) is 16.8 Å². The molecule has 0 spiro atoms. The van der Waals surface area contributed by atoms with E-state index in [1.165, 1.54) is 6.42 Å². The summed E-state index contributed by atoms with van der Waals surface area (Å²) in [4.78, 5) is 10.7. The summed E-state index contributed by atoms with van der Waals surface area (Å²) >= 11 is 0. The van der Waals surface area contributed by atoms with Gasteiger partial charge in [0.2, 0.25) is 0 Å². The smallest absolute Gasteiger partial charge is 0.303 e. The quantitative estimate of drug-likeness (QED) is 0.568. The van der Waals surface area contributed by atoms with Crippen molar-refractivity contribution in [2.45, 2.75) is 46.0 Å². The summed E-state index contributed by atoms with van der Waals surface area (Å²) in [6, 6.07) is 0. The van der Waals surface area contributed by atoms with Crippen LogP contribution >= 0.6 is 0 Å². The van der Waals surface area contributed by atoms with E-state index in [4.69, 9.17) is 10.9 Å². The predicted octanol–water partition coefficient (Wildman–Crippen LogP) is 1.99. The van der Waals surface area contributed by atoms with Crippen LogP contribution in [0.1, 0.15) is 46.0 Å². The lowest BCUT2D eigenvalue weighted by atomic mass is 9.66. The van der Waals surface area contributed by atoms with Crippen molar-refractivity contribution in [3.63, 3.8) is 0 Å². The number of rotatable bonds is 3. The average Bonchev–Trinajstić information content (AvgIpc) is 2.60. The number of carboxylic acids is 1. The number of hydrogen-bond acceptors (Lipinski definition) is 3. The molecule has 0 aromatic carbocycles. The maximum Gasteiger partial charge on any atom is 0.303 e. The molecule has 2 fully saturated rings. The molecular weight excluding hydrogens is 204 g/mol. The van der Waals surface area contributed by atoms with Gasteiger partial charge in [-0.1, -0.05) is 13.8 Å². The van der Waals surface area contributed by atoms with E-state index in [1.807, 2.05) is 0 Å². The first-order valence-corrected chi connectivity index (χ1v) is 5.93. The summed E-state index contributed by atoms with van der Waals surface area (Å²) in [5.74, 6) is 5.32. The molecule has 90 valence electrons. The molecule has 0 amide bonds. The van der Waals surface area contributed by atoms with Crippen molar-refractivity contribution < 1.29 is 9.90 Å². The zero-order valence-corrected chi connectivity index (χ0v) is 9.99. The van der Waals surface area contributed by atoms with Crippen molar-refractivity contribution in [3.8, 4) is 0 Å². The maximum atomic E-state index is 10.7. The third-order valence-electron chi connectivity index (χ3n) is 5.25. The van der Waals surface area contributed by atoms with Crippen LogP contribution in [-0.2, 0) is 4.79 Å². The molecule has 0 heterocycles. The second-order valence-electron chi connectivity index (χ2n) is 5.66. The first-order valence-electron chi connectivity index (χ1n) is 5.93. The van der Waals surface area contributed by atoms with Gasteiger partial charge in [-0.05, 0) is 37.0 Å². The normalized spacial score (nSPS) is 44.1. The molecule has 2 aliphatic carbocycles. The molecule has 16 heavy (non-hydrogen) atoms. The van der Waals surface area contributed by atoms with Crippen LogP contribution in [0.4, 0.5) is 0 Å².